The number of nitrogens with two attached hydrogens (primary N) is 1. The highest BCUT2D eigenvalue weighted by Crippen LogP contribution is 2.13. The molecule has 0 aromatic carbocycles. The summed E-state index contributed by atoms with van der Waals surface area (Å²) in [7, 11) is 1.73. The number of carbonyl (C=O) groups is 1. The molecule has 146 valence electrons. The molecule has 1 atom stereocenters. The van der Waals surface area contributed by atoms with Gasteiger partial charge < -0.3 is 25.5 Å². The monoisotopic (exact) mass is 365 g/mol. The Bertz CT molecular complexity index is 593. The third kappa shape index (κ3) is 6.34. The van der Waals surface area contributed by atoms with Crippen LogP contribution in [0.1, 0.15) is 36.6 Å². The van der Waals surface area contributed by atoms with Crippen molar-refractivity contribution in [3.05, 3.63) is 23.7 Å². The van der Waals surface area contributed by atoms with E-state index in [9.17, 15) is 4.79 Å². The molecule has 0 bridgehead atoms. The first-order valence-electron chi connectivity index (χ1n) is 9.14. The average Bonchev–Trinajstić information content (AvgIpc) is 3.10. The van der Waals surface area contributed by atoms with Crippen LogP contribution < -0.4 is 16.4 Å². The number of aliphatic imine (C=N–C) groups is 1. The second-order valence-electron chi connectivity index (χ2n) is 6.87. The van der Waals surface area contributed by atoms with Crippen molar-refractivity contribution in [2.45, 2.75) is 32.9 Å². The Kier molecular flexibility index (Phi) is 7.93. The summed E-state index contributed by atoms with van der Waals surface area (Å²) in [4.78, 5) is 17.8. The highest BCUT2D eigenvalue weighted by Gasteiger charge is 2.22. The minimum Gasteiger partial charge on any atom is -0.454 e. The van der Waals surface area contributed by atoms with Gasteiger partial charge in [0.1, 0.15) is 5.76 Å². The molecule has 1 aliphatic rings. The van der Waals surface area contributed by atoms with Crippen LogP contribution in [0.3, 0.4) is 0 Å². The fourth-order valence-electron chi connectivity index (χ4n) is 3.06. The molecule has 2 rings (SSSR count). The van der Waals surface area contributed by atoms with Crippen LogP contribution in [-0.2, 0) is 11.3 Å². The molecular weight excluding hydrogens is 334 g/mol. The number of hydrogen-bond donors (Lipinski definition) is 3. The maximum absolute atomic E-state index is 11.1. The molecule has 0 saturated carbocycles. The molecule has 4 N–H and O–H groups in total. The molecule has 2 heterocycles. The van der Waals surface area contributed by atoms with E-state index in [0.717, 1.165) is 39.3 Å². The van der Waals surface area contributed by atoms with Crippen LogP contribution in [0.2, 0.25) is 0 Å². The molecular formula is C18H31N5O3. The number of hydrogen-bond acceptors (Lipinski definition) is 5. The Morgan fingerprint density at radius 2 is 2.04 bits per heavy atom. The molecule has 8 heteroatoms. The number of furan rings is 1. The zero-order valence-electron chi connectivity index (χ0n) is 16.0. The SMILES string of the molecule is CN=C(NCc1ccc(C(N)=O)o1)NCC(CC(C)C)N1CCOCC1. The van der Waals surface area contributed by atoms with Gasteiger partial charge in [-0.05, 0) is 24.5 Å². The summed E-state index contributed by atoms with van der Waals surface area (Å²) in [6, 6.07) is 3.74. The summed E-state index contributed by atoms with van der Waals surface area (Å²) >= 11 is 0. The van der Waals surface area contributed by atoms with Gasteiger partial charge in [0.25, 0.3) is 5.91 Å². The lowest BCUT2D eigenvalue weighted by Gasteiger charge is -2.35. The zero-order chi connectivity index (χ0) is 18.9. The molecule has 0 aliphatic carbocycles. The molecule has 1 fully saturated rings. The van der Waals surface area contributed by atoms with Crippen LogP contribution in [-0.4, -0.2) is 62.7 Å². The van der Waals surface area contributed by atoms with Crippen LogP contribution >= 0.6 is 0 Å². The maximum Gasteiger partial charge on any atom is 0.284 e. The molecule has 1 saturated heterocycles. The normalized spacial score (nSPS) is 17.3. The molecule has 26 heavy (non-hydrogen) atoms. The minimum absolute atomic E-state index is 0.161. The highest BCUT2D eigenvalue weighted by atomic mass is 16.5. The predicted molar refractivity (Wildman–Crippen MR) is 101 cm³/mol. The number of ether oxygens (including phenoxy) is 1. The van der Waals surface area contributed by atoms with Crippen LogP contribution in [0.25, 0.3) is 0 Å². The molecule has 1 amide bonds. The van der Waals surface area contributed by atoms with Gasteiger partial charge in [0, 0.05) is 32.7 Å². The Hall–Kier alpha value is -2.06. The first-order chi connectivity index (χ1) is 12.5. The Balaban J connectivity index is 1.85. The smallest absolute Gasteiger partial charge is 0.284 e. The molecule has 1 aromatic rings. The van der Waals surface area contributed by atoms with Crippen molar-refractivity contribution in [2.24, 2.45) is 16.6 Å². The lowest BCUT2D eigenvalue weighted by molar-refractivity contribution is 0.0132. The lowest BCUT2D eigenvalue weighted by atomic mass is 10.0. The number of nitrogens with zero attached hydrogens (tertiary/aromatic N) is 2. The molecule has 0 radical (unpaired) electrons. The summed E-state index contributed by atoms with van der Waals surface area (Å²) in [6.45, 7) is 9.24. The van der Waals surface area contributed by atoms with Gasteiger partial charge in [-0.15, -0.1) is 0 Å². The Labute approximate surface area is 155 Å². The number of carbonyl (C=O) groups excluding carboxylic acids is 1. The van der Waals surface area contributed by atoms with E-state index < -0.39 is 5.91 Å². The van der Waals surface area contributed by atoms with Crippen molar-refractivity contribution in [1.29, 1.82) is 0 Å². The van der Waals surface area contributed by atoms with Crippen molar-refractivity contribution >= 4 is 11.9 Å². The van der Waals surface area contributed by atoms with Gasteiger partial charge >= 0.3 is 0 Å². The first kappa shape index (κ1) is 20.3. The average molecular weight is 365 g/mol. The summed E-state index contributed by atoms with van der Waals surface area (Å²) in [5.41, 5.74) is 5.20. The summed E-state index contributed by atoms with van der Waals surface area (Å²) in [6.07, 6.45) is 1.12. The highest BCUT2D eigenvalue weighted by molar-refractivity contribution is 5.89. The third-order valence-corrected chi connectivity index (χ3v) is 4.37. The Morgan fingerprint density at radius 1 is 1.31 bits per heavy atom. The van der Waals surface area contributed by atoms with Crippen molar-refractivity contribution < 1.29 is 13.9 Å². The van der Waals surface area contributed by atoms with E-state index >= 15 is 0 Å². The van der Waals surface area contributed by atoms with E-state index in [4.69, 9.17) is 14.9 Å². The fourth-order valence-corrected chi connectivity index (χ4v) is 3.06. The van der Waals surface area contributed by atoms with Gasteiger partial charge in [0.2, 0.25) is 0 Å². The van der Waals surface area contributed by atoms with E-state index in [1.54, 1.807) is 19.2 Å². The van der Waals surface area contributed by atoms with Gasteiger partial charge in [-0.1, -0.05) is 13.8 Å². The first-order valence-corrected chi connectivity index (χ1v) is 9.14. The van der Waals surface area contributed by atoms with Crippen molar-refractivity contribution in [2.75, 3.05) is 39.9 Å². The number of amides is 1. The van der Waals surface area contributed by atoms with Crippen LogP contribution in [0.4, 0.5) is 0 Å². The van der Waals surface area contributed by atoms with Crippen LogP contribution in [0.5, 0.6) is 0 Å². The third-order valence-electron chi connectivity index (χ3n) is 4.37. The van der Waals surface area contributed by atoms with Crippen molar-refractivity contribution in [1.82, 2.24) is 15.5 Å². The molecule has 1 aliphatic heterocycles. The Morgan fingerprint density at radius 3 is 2.62 bits per heavy atom. The van der Waals surface area contributed by atoms with Gasteiger partial charge in [0.05, 0.1) is 19.8 Å². The maximum atomic E-state index is 11.1. The quantitative estimate of drug-likeness (QED) is 0.465. The van der Waals surface area contributed by atoms with E-state index in [0.29, 0.717) is 30.2 Å². The van der Waals surface area contributed by atoms with E-state index in [2.05, 4.69) is 34.4 Å². The summed E-state index contributed by atoms with van der Waals surface area (Å²) in [5, 5.41) is 6.59. The van der Waals surface area contributed by atoms with E-state index in [1.165, 1.54) is 0 Å². The fraction of sp³-hybridized carbons (Fsp3) is 0.667. The second-order valence-corrected chi connectivity index (χ2v) is 6.87. The van der Waals surface area contributed by atoms with Crippen molar-refractivity contribution in [3.8, 4) is 0 Å². The second kappa shape index (κ2) is 10.2. The topological polar surface area (TPSA) is 105 Å². The van der Waals surface area contributed by atoms with Gasteiger partial charge in [-0.3, -0.25) is 14.7 Å². The number of morpholine rings is 1. The summed E-state index contributed by atoms with van der Waals surface area (Å²) in [5.74, 6) is 1.54. The molecule has 8 nitrogen and oxygen atoms in total. The molecule has 0 spiro atoms. The van der Waals surface area contributed by atoms with Crippen LogP contribution in [0.15, 0.2) is 21.5 Å². The summed E-state index contributed by atoms with van der Waals surface area (Å²) < 4.78 is 10.8. The number of primary amides is 1. The number of nitrogens with one attached hydrogen (secondary N) is 2. The standard InChI is InChI=1S/C18H31N5O3/c1-13(2)10-14(23-6-8-25-9-7-23)11-21-18(20-3)22-12-15-4-5-16(26-15)17(19)24/h4-5,13-14H,6-12H2,1-3H3,(H2,19,24)(H2,20,21,22). The molecule has 1 unspecified atom stereocenters. The minimum atomic E-state index is -0.569. The number of guanidine groups is 1. The zero-order valence-corrected chi connectivity index (χ0v) is 16.0. The van der Waals surface area contributed by atoms with Gasteiger partial charge in [-0.25, -0.2) is 0 Å². The van der Waals surface area contributed by atoms with Crippen LogP contribution in [0, 0.1) is 5.92 Å². The van der Waals surface area contributed by atoms with E-state index in [-0.39, 0.29) is 5.76 Å². The predicted octanol–water partition coefficient (Wildman–Crippen LogP) is 0.790. The van der Waals surface area contributed by atoms with Crippen molar-refractivity contribution in [3.63, 3.8) is 0 Å². The van der Waals surface area contributed by atoms with Gasteiger partial charge in [0.15, 0.2) is 11.7 Å². The largest absolute Gasteiger partial charge is 0.454 e. The number of rotatable bonds is 8. The lowest BCUT2D eigenvalue weighted by Crippen LogP contribution is -2.50. The van der Waals surface area contributed by atoms with Gasteiger partial charge in [-0.2, -0.15) is 0 Å². The van der Waals surface area contributed by atoms with E-state index in [1.807, 2.05) is 0 Å². The molecule has 1 aromatic heterocycles.